The average molecular weight is 228 g/mol. The number of carbonyl (C=O) groups is 1. The topological polar surface area (TPSA) is 66.6 Å². The first-order valence-corrected chi connectivity index (χ1v) is 6.13. The SMILES string of the molecule is CC(C(=O)O)C(C)N(C)C1CCC(N)CC1. The van der Waals surface area contributed by atoms with Gasteiger partial charge in [-0.15, -0.1) is 0 Å². The lowest BCUT2D eigenvalue weighted by atomic mass is 9.89. The summed E-state index contributed by atoms with van der Waals surface area (Å²) in [5.41, 5.74) is 5.87. The van der Waals surface area contributed by atoms with Crippen molar-refractivity contribution in [2.75, 3.05) is 7.05 Å². The van der Waals surface area contributed by atoms with Crippen molar-refractivity contribution in [3.05, 3.63) is 0 Å². The molecule has 1 fully saturated rings. The molecule has 0 aromatic rings. The van der Waals surface area contributed by atoms with Crippen LogP contribution >= 0.6 is 0 Å². The predicted molar refractivity (Wildman–Crippen MR) is 64.3 cm³/mol. The molecule has 0 aliphatic heterocycles. The van der Waals surface area contributed by atoms with Crippen molar-refractivity contribution in [3.8, 4) is 0 Å². The first-order valence-electron chi connectivity index (χ1n) is 6.13. The van der Waals surface area contributed by atoms with Gasteiger partial charge in [0, 0.05) is 18.1 Å². The molecule has 2 atom stereocenters. The maximum absolute atomic E-state index is 10.9. The van der Waals surface area contributed by atoms with E-state index in [1.165, 1.54) is 0 Å². The van der Waals surface area contributed by atoms with Crippen molar-refractivity contribution in [3.63, 3.8) is 0 Å². The summed E-state index contributed by atoms with van der Waals surface area (Å²) >= 11 is 0. The van der Waals surface area contributed by atoms with Crippen molar-refractivity contribution >= 4 is 5.97 Å². The lowest BCUT2D eigenvalue weighted by molar-refractivity contribution is -0.143. The van der Waals surface area contributed by atoms with Crippen molar-refractivity contribution < 1.29 is 9.90 Å². The van der Waals surface area contributed by atoms with Gasteiger partial charge in [0.25, 0.3) is 0 Å². The number of carboxylic acid groups (broad SMARTS) is 1. The van der Waals surface area contributed by atoms with Gasteiger partial charge in [-0.3, -0.25) is 9.69 Å². The van der Waals surface area contributed by atoms with Gasteiger partial charge in [0.1, 0.15) is 0 Å². The van der Waals surface area contributed by atoms with E-state index < -0.39 is 5.97 Å². The minimum absolute atomic E-state index is 0.0804. The molecule has 0 aromatic carbocycles. The van der Waals surface area contributed by atoms with Crippen LogP contribution < -0.4 is 5.73 Å². The van der Waals surface area contributed by atoms with Crippen molar-refractivity contribution in [2.24, 2.45) is 11.7 Å². The summed E-state index contributed by atoms with van der Waals surface area (Å²) in [6.07, 6.45) is 4.30. The molecular formula is C12H24N2O2. The Balaban J connectivity index is 2.50. The molecule has 94 valence electrons. The van der Waals surface area contributed by atoms with E-state index in [0.717, 1.165) is 25.7 Å². The molecule has 0 bridgehead atoms. The fraction of sp³-hybridized carbons (Fsp3) is 0.917. The normalized spacial score (nSPS) is 30.1. The molecular weight excluding hydrogens is 204 g/mol. The fourth-order valence-electron chi connectivity index (χ4n) is 2.40. The molecule has 2 unspecified atom stereocenters. The molecule has 0 radical (unpaired) electrons. The number of hydrogen-bond donors (Lipinski definition) is 2. The second kappa shape index (κ2) is 5.64. The minimum atomic E-state index is -0.716. The molecule has 1 aliphatic rings. The van der Waals surface area contributed by atoms with Crippen LogP contribution in [0.25, 0.3) is 0 Å². The lowest BCUT2D eigenvalue weighted by Gasteiger charge is -2.38. The Kier molecular flexibility index (Phi) is 4.74. The van der Waals surface area contributed by atoms with Crippen LogP contribution in [0.5, 0.6) is 0 Å². The first-order chi connectivity index (χ1) is 7.43. The quantitative estimate of drug-likeness (QED) is 0.761. The minimum Gasteiger partial charge on any atom is -0.481 e. The van der Waals surface area contributed by atoms with Gasteiger partial charge in [0.15, 0.2) is 0 Å². The van der Waals surface area contributed by atoms with Gasteiger partial charge in [-0.2, -0.15) is 0 Å². The zero-order chi connectivity index (χ0) is 12.3. The van der Waals surface area contributed by atoms with Crippen LogP contribution in [0.4, 0.5) is 0 Å². The van der Waals surface area contributed by atoms with Gasteiger partial charge in [-0.25, -0.2) is 0 Å². The first kappa shape index (κ1) is 13.5. The molecule has 3 N–H and O–H groups in total. The molecule has 4 nitrogen and oxygen atoms in total. The van der Waals surface area contributed by atoms with Crippen LogP contribution in [0.2, 0.25) is 0 Å². The Morgan fingerprint density at radius 3 is 2.25 bits per heavy atom. The van der Waals surface area contributed by atoms with Crippen molar-refractivity contribution in [2.45, 2.75) is 57.7 Å². The maximum atomic E-state index is 10.9. The zero-order valence-electron chi connectivity index (χ0n) is 10.5. The third-order valence-corrected chi connectivity index (χ3v) is 4.07. The Morgan fingerprint density at radius 2 is 1.81 bits per heavy atom. The summed E-state index contributed by atoms with van der Waals surface area (Å²) in [7, 11) is 2.03. The van der Waals surface area contributed by atoms with Crippen molar-refractivity contribution in [1.29, 1.82) is 0 Å². The summed E-state index contributed by atoms with van der Waals surface area (Å²) in [5, 5.41) is 9.00. The van der Waals surface area contributed by atoms with Gasteiger partial charge >= 0.3 is 5.97 Å². The molecule has 1 rings (SSSR count). The molecule has 0 saturated heterocycles. The summed E-state index contributed by atoms with van der Waals surface area (Å²) in [5.74, 6) is -1.03. The van der Waals surface area contributed by atoms with Gasteiger partial charge in [-0.1, -0.05) is 6.92 Å². The number of aliphatic carboxylic acids is 1. The number of nitrogens with zero attached hydrogens (tertiary/aromatic N) is 1. The van der Waals surface area contributed by atoms with E-state index in [-0.39, 0.29) is 12.0 Å². The van der Waals surface area contributed by atoms with Gasteiger partial charge in [0.05, 0.1) is 5.92 Å². The molecule has 1 saturated carbocycles. The lowest BCUT2D eigenvalue weighted by Crippen LogP contribution is -2.46. The molecule has 0 aromatic heterocycles. The third-order valence-electron chi connectivity index (χ3n) is 4.07. The maximum Gasteiger partial charge on any atom is 0.307 e. The molecule has 0 spiro atoms. The number of rotatable bonds is 4. The zero-order valence-corrected chi connectivity index (χ0v) is 10.5. The van der Waals surface area contributed by atoms with E-state index in [1.54, 1.807) is 6.92 Å². The highest BCUT2D eigenvalue weighted by Gasteiger charge is 2.29. The second-order valence-electron chi connectivity index (χ2n) is 5.10. The fourth-order valence-corrected chi connectivity index (χ4v) is 2.40. The molecule has 1 aliphatic carbocycles. The highest BCUT2D eigenvalue weighted by atomic mass is 16.4. The van der Waals surface area contributed by atoms with Crippen LogP contribution in [0.3, 0.4) is 0 Å². The van der Waals surface area contributed by atoms with E-state index in [4.69, 9.17) is 10.8 Å². The molecule has 0 heterocycles. The van der Waals surface area contributed by atoms with Crippen LogP contribution in [-0.2, 0) is 4.79 Å². The van der Waals surface area contributed by atoms with E-state index >= 15 is 0 Å². The standard InChI is InChI=1S/C12H24N2O2/c1-8(12(15)16)9(2)14(3)11-6-4-10(13)5-7-11/h8-11H,4-7,13H2,1-3H3,(H,15,16). The van der Waals surface area contributed by atoms with E-state index in [0.29, 0.717) is 12.1 Å². The van der Waals surface area contributed by atoms with Crippen LogP contribution in [0, 0.1) is 5.92 Å². The Hall–Kier alpha value is -0.610. The summed E-state index contributed by atoms with van der Waals surface area (Å²) in [6, 6.07) is 0.922. The number of carboxylic acids is 1. The van der Waals surface area contributed by atoms with Crippen molar-refractivity contribution in [1.82, 2.24) is 4.90 Å². The molecule has 4 heteroatoms. The summed E-state index contributed by atoms with van der Waals surface area (Å²) in [4.78, 5) is 13.1. The van der Waals surface area contributed by atoms with E-state index in [2.05, 4.69) is 4.90 Å². The third kappa shape index (κ3) is 3.19. The average Bonchev–Trinajstić information content (AvgIpc) is 2.27. The van der Waals surface area contributed by atoms with Crippen LogP contribution in [0.1, 0.15) is 39.5 Å². The molecule has 16 heavy (non-hydrogen) atoms. The second-order valence-corrected chi connectivity index (χ2v) is 5.10. The largest absolute Gasteiger partial charge is 0.481 e. The van der Waals surface area contributed by atoms with Gasteiger partial charge in [0.2, 0.25) is 0 Å². The Labute approximate surface area is 97.8 Å². The Morgan fingerprint density at radius 1 is 1.31 bits per heavy atom. The van der Waals surface area contributed by atoms with E-state index in [9.17, 15) is 4.79 Å². The van der Waals surface area contributed by atoms with Gasteiger partial charge in [-0.05, 0) is 39.7 Å². The summed E-state index contributed by atoms with van der Waals surface area (Å²) < 4.78 is 0. The van der Waals surface area contributed by atoms with Crippen LogP contribution in [-0.4, -0.2) is 41.1 Å². The summed E-state index contributed by atoms with van der Waals surface area (Å²) in [6.45, 7) is 3.77. The number of nitrogens with two attached hydrogens (primary N) is 1. The predicted octanol–water partition coefficient (Wildman–Crippen LogP) is 1.30. The highest BCUT2D eigenvalue weighted by molar-refractivity contribution is 5.70. The van der Waals surface area contributed by atoms with Gasteiger partial charge < -0.3 is 10.8 Å². The smallest absolute Gasteiger partial charge is 0.307 e. The molecule has 0 amide bonds. The monoisotopic (exact) mass is 228 g/mol. The van der Waals surface area contributed by atoms with Crippen LogP contribution in [0.15, 0.2) is 0 Å². The number of hydrogen-bond acceptors (Lipinski definition) is 3. The highest BCUT2D eigenvalue weighted by Crippen LogP contribution is 2.24. The Bertz CT molecular complexity index is 237. The van der Waals surface area contributed by atoms with E-state index in [1.807, 2.05) is 14.0 Å².